The van der Waals surface area contributed by atoms with Crippen molar-refractivity contribution in [2.45, 2.75) is 0 Å². The van der Waals surface area contributed by atoms with E-state index in [4.69, 9.17) is 0 Å². The molecule has 0 N–H and O–H groups in total. The molecule has 0 bridgehead atoms. The van der Waals surface area contributed by atoms with Crippen molar-refractivity contribution in [3.63, 3.8) is 0 Å². The number of halogens is 2. The molecular weight excluding hydrogens is 214 g/mol. The van der Waals surface area contributed by atoms with E-state index in [1.807, 2.05) is 0 Å². The monoisotopic (exact) mass is 220 g/mol. The van der Waals surface area contributed by atoms with Crippen molar-refractivity contribution in [1.29, 1.82) is 0 Å². The average Bonchev–Trinajstić information content (AvgIpc) is 0. The fraction of sp³-hybridized carbons (Fsp3) is 0. The van der Waals surface area contributed by atoms with Crippen LogP contribution in [0, 0.1) is 0 Å². The van der Waals surface area contributed by atoms with Crippen LogP contribution in [-0.2, 0) is 0 Å². The van der Waals surface area contributed by atoms with Gasteiger partial charge in [0.25, 0.3) is 0 Å². The molecule has 0 amide bonds. The van der Waals surface area contributed by atoms with Crippen LogP contribution in [0.2, 0.25) is 0 Å². The van der Waals surface area contributed by atoms with Crippen LogP contribution < -0.4 is 0 Å². The van der Waals surface area contributed by atoms with Gasteiger partial charge in [-0.3, -0.25) is 0 Å². The van der Waals surface area contributed by atoms with E-state index in [1.165, 1.54) is 0 Å². The summed E-state index contributed by atoms with van der Waals surface area (Å²) in [6.07, 6.45) is 0. The summed E-state index contributed by atoms with van der Waals surface area (Å²) in [5, 5.41) is 0. The van der Waals surface area contributed by atoms with Crippen molar-refractivity contribution in [3.8, 4) is 0 Å². The van der Waals surface area contributed by atoms with E-state index in [9.17, 15) is 0 Å². The minimum atomic E-state index is 0. The van der Waals surface area contributed by atoms with Crippen LogP contribution in [-0.4, -0.2) is 47.0 Å². The van der Waals surface area contributed by atoms with E-state index in [-0.39, 0.29) is 71.8 Å². The molecule has 0 aromatic heterocycles. The molecule has 0 aromatic carbocycles. The van der Waals surface area contributed by atoms with E-state index in [2.05, 4.69) is 0 Å². The van der Waals surface area contributed by atoms with E-state index < -0.39 is 0 Å². The van der Waals surface area contributed by atoms with Gasteiger partial charge in [0.15, 0.2) is 0 Å². The van der Waals surface area contributed by atoms with Gasteiger partial charge in [-0.1, -0.05) is 0 Å². The second kappa shape index (κ2) is 19.2. The van der Waals surface area contributed by atoms with E-state index in [0.29, 0.717) is 0 Å². The summed E-state index contributed by atoms with van der Waals surface area (Å²) < 4.78 is 0. The van der Waals surface area contributed by atoms with E-state index >= 15 is 0 Å². The van der Waals surface area contributed by atoms with Crippen LogP contribution in [0.25, 0.3) is 0 Å². The molecule has 0 unspecified atom stereocenters. The van der Waals surface area contributed by atoms with Crippen LogP contribution in [0.3, 0.4) is 0 Å². The zero-order chi connectivity index (χ0) is 0. The molecule has 0 saturated heterocycles. The van der Waals surface area contributed by atoms with Gasteiger partial charge in [0.2, 0.25) is 0 Å². The van der Waals surface area contributed by atoms with Crippen molar-refractivity contribution in [1.82, 2.24) is 0 Å². The first-order chi connectivity index (χ1) is 0. The Bertz CT molecular complexity index is 6.00. The molecule has 0 saturated carbocycles. The topological polar surface area (TPSA) is 0 Å². The molecule has 0 fully saturated rings. The van der Waals surface area contributed by atoms with Gasteiger partial charge in [-0.15, -0.1) is 24.8 Å². The second-order valence-electron chi connectivity index (χ2n) is 0. The molecule has 0 heterocycles. The Morgan fingerprint density at radius 3 is 0.750 bits per heavy atom. The van der Waals surface area contributed by atoms with Crippen LogP contribution in [0.15, 0.2) is 0 Å². The third kappa shape index (κ3) is 8.91. The minimum absolute atomic E-state index is 0. The fourth-order valence-corrected chi connectivity index (χ4v) is 0. The number of hydrogen-bond donors (Lipinski definition) is 0. The number of hydrogen-bond acceptors (Lipinski definition) is 0. The Morgan fingerprint density at radius 1 is 0.750 bits per heavy atom. The van der Waals surface area contributed by atoms with Gasteiger partial charge < -0.3 is 0 Å². The van der Waals surface area contributed by atoms with Crippen molar-refractivity contribution in [2.75, 3.05) is 0 Å². The predicted octanol–water partition coefficient (Wildman–Crippen LogP) is -0.989. The molecule has 0 atom stereocenters. The van der Waals surface area contributed by atoms with Crippen molar-refractivity contribution >= 4 is 71.8 Å². The fourth-order valence-electron chi connectivity index (χ4n) is 0. The molecule has 0 aromatic rings. The molecule has 26 valence electrons. The molecule has 4 heteroatoms. The third-order valence-corrected chi connectivity index (χ3v) is 0. The molecule has 2 radical (unpaired) electrons. The Morgan fingerprint density at radius 2 is 0.750 bits per heavy atom. The first kappa shape index (κ1) is 35.4. The van der Waals surface area contributed by atoms with Crippen LogP contribution >= 0.6 is 24.8 Å². The van der Waals surface area contributed by atoms with Gasteiger partial charge in [-0.2, -0.15) is 0 Å². The van der Waals surface area contributed by atoms with Crippen LogP contribution in [0.4, 0.5) is 0 Å². The molecule has 0 aliphatic carbocycles. The molecular formula is H6Cl2MgSn. The average molecular weight is 220 g/mol. The van der Waals surface area contributed by atoms with E-state index in [0.717, 1.165) is 0 Å². The SMILES string of the molecule is Cl.Cl.[MgH2].[SnH2]. The second-order valence-corrected chi connectivity index (χ2v) is 0. The van der Waals surface area contributed by atoms with Gasteiger partial charge >= 0.3 is 47.0 Å². The van der Waals surface area contributed by atoms with Gasteiger partial charge in [-0.05, 0) is 0 Å². The molecule has 0 nitrogen and oxygen atoms in total. The third-order valence-electron chi connectivity index (χ3n) is 0. The Kier molecular flexibility index (Phi) is 170. The summed E-state index contributed by atoms with van der Waals surface area (Å²) in [6.45, 7) is 0. The van der Waals surface area contributed by atoms with Crippen molar-refractivity contribution in [3.05, 3.63) is 0 Å². The summed E-state index contributed by atoms with van der Waals surface area (Å²) in [5.41, 5.74) is 0. The molecule has 4 heavy (non-hydrogen) atoms. The standard InChI is InChI=1S/2ClH.Mg.Sn.4H/h2*1H;;;;;;. The molecule has 0 rings (SSSR count). The number of rotatable bonds is 0. The zero-order valence-electron chi connectivity index (χ0n) is 1.52. The quantitative estimate of drug-likeness (QED) is 0.460. The van der Waals surface area contributed by atoms with E-state index in [1.54, 1.807) is 0 Å². The summed E-state index contributed by atoms with van der Waals surface area (Å²) >= 11 is 0. The summed E-state index contributed by atoms with van der Waals surface area (Å²) in [7, 11) is 0. The molecule has 0 aliphatic rings. The first-order valence-electron chi connectivity index (χ1n) is 0. The van der Waals surface area contributed by atoms with Crippen molar-refractivity contribution < 1.29 is 0 Å². The Hall–Kier alpha value is 2.14. The maximum absolute atomic E-state index is 0. The zero-order valence-corrected chi connectivity index (χ0v) is 7.19. The van der Waals surface area contributed by atoms with Crippen molar-refractivity contribution in [2.24, 2.45) is 0 Å². The van der Waals surface area contributed by atoms with Gasteiger partial charge in [0.1, 0.15) is 0 Å². The summed E-state index contributed by atoms with van der Waals surface area (Å²) in [6, 6.07) is 0. The van der Waals surface area contributed by atoms with Crippen LogP contribution in [0.1, 0.15) is 0 Å². The normalized spacial score (nSPS) is 0. The van der Waals surface area contributed by atoms with Gasteiger partial charge in [0.05, 0.1) is 0 Å². The van der Waals surface area contributed by atoms with Crippen LogP contribution in [0.5, 0.6) is 0 Å². The Balaban J connectivity index is 0. The summed E-state index contributed by atoms with van der Waals surface area (Å²) in [4.78, 5) is 0. The maximum atomic E-state index is 0. The first-order valence-corrected chi connectivity index (χ1v) is 0. The molecule has 0 spiro atoms. The molecule has 0 aliphatic heterocycles. The predicted molar refractivity (Wildman–Crippen MR) is 31.6 cm³/mol. The summed E-state index contributed by atoms with van der Waals surface area (Å²) in [5.74, 6) is 0. The van der Waals surface area contributed by atoms with Gasteiger partial charge in [-0.25, -0.2) is 0 Å². The Labute approximate surface area is 71.0 Å². The van der Waals surface area contributed by atoms with Gasteiger partial charge in [0, 0.05) is 0 Å².